The Balaban J connectivity index is 1.56. The van der Waals surface area contributed by atoms with Crippen molar-refractivity contribution in [1.29, 1.82) is 0 Å². The number of rotatable bonds is 7. The highest BCUT2D eigenvalue weighted by atomic mass is 19.1. The van der Waals surface area contributed by atoms with Crippen LogP contribution in [0, 0.1) is 5.82 Å². The number of aromatic nitrogens is 2. The maximum atomic E-state index is 13.2. The first-order valence-electron chi connectivity index (χ1n) is 11.4. The normalized spacial score (nSPS) is 14.9. The first kappa shape index (κ1) is 24.1. The summed E-state index contributed by atoms with van der Waals surface area (Å²) in [7, 11) is 1.54. The van der Waals surface area contributed by atoms with Crippen LogP contribution in [0.25, 0.3) is 10.9 Å². The lowest BCUT2D eigenvalue weighted by atomic mass is 10.1. The molecule has 1 saturated heterocycles. The smallest absolute Gasteiger partial charge is 0.271 e. The van der Waals surface area contributed by atoms with Crippen LogP contribution in [0.5, 0.6) is 11.5 Å². The second-order valence-corrected chi connectivity index (χ2v) is 8.34. The van der Waals surface area contributed by atoms with Crippen molar-refractivity contribution in [2.45, 2.75) is 31.9 Å². The molecule has 0 unspecified atom stereocenters. The highest BCUT2D eigenvalue weighted by Gasteiger charge is 2.25. The lowest BCUT2D eigenvalue weighted by Gasteiger charge is -2.31. The highest BCUT2D eigenvalue weighted by Crippen LogP contribution is 2.34. The predicted octanol–water partition coefficient (Wildman–Crippen LogP) is 3.82. The number of piperidine rings is 1. The van der Waals surface area contributed by atoms with Gasteiger partial charge in [-0.3, -0.25) is 9.59 Å². The molecular weight excluding hydrogens is 451 g/mol. The van der Waals surface area contributed by atoms with Crippen LogP contribution in [0.15, 0.2) is 55.4 Å². The van der Waals surface area contributed by atoms with Crippen molar-refractivity contribution in [3.05, 3.63) is 72.5 Å². The van der Waals surface area contributed by atoms with Crippen molar-refractivity contribution < 1.29 is 23.5 Å². The Morgan fingerprint density at radius 3 is 2.54 bits per heavy atom. The van der Waals surface area contributed by atoms with Crippen LogP contribution in [-0.2, 0) is 4.79 Å². The summed E-state index contributed by atoms with van der Waals surface area (Å²) in [6.07, 6.45) is 3.85. The molecule has 8 nitrogen and oxygen atoms in total. The molecule has 1 aliphatic rings. The lowest BCUT2D eigenvalue weighted by Crippen LogP contribution is -2.41. The van der Waals surface area contributed by atoms with Gasteiger partial charge in [0.2, 0.25) is 5.91 Å². The zero-order valence-corrected chi connectivity index (χ0v) is 19.7. The summed E-state index contributed by atoms with van der Waals surface area (Å²) >= 11 is 0. The molecule has 0 spiro atoms. The van der Waals surface area contributed by atoms with Gasteiger partial charge < -0.3 is 19.7 Å². The molecule has 182 valence electrons. The third-order valence-electron chi connectivity index (χ3n) is 6.08. The summed E-state index contributed by atoms with van der Waals surface area (Å²) in [6, 6.07) is 9.03. The fourth-order valence-corrected chi connectivity index (χ4v) is 4.10. The summed E-state index contributed by atoms with van der Waals surface area (Å²) in [5.41, 5.74) is 1.50. The second kappa shape index (κ2) is 10.5. The van der Waals surface area contributed by atoms with Crippen LogP contribution in [0.2, 0.25) is 0 Å². The summed E-state index contributed by atoms with van der Waals surface area (Å²) < 4.78 is 25.0. The summed E-state index contributed by atoms with van der Waals surface area (Å²) in [4.78, 5) is 35.2. The maximum absolute atomic E-state index is 13.2. The van der Waals surface area contributed by atoms with Crippen molar-refractivity contribution in [3.63, 3.8) is 0 Å². The molecule has 2 amide bonds. The number of nitrogens with zero attached hydrogens (tertiary/aromatic N) is 3. The predicted molar refractivity (Wildman–Crippen MR) is 129 cm³/mol. The van der Waals surface area contributed by atoms with Crippen LogP contribution < -0.4 is 14.8 Å². The van der Waals surface area contributed by atoms with E-state index in [1.807, 2.05) is 6.92 Å². The van der Waals surface area contributed by atoms with Gasteiger partial charge in [-0.15, -0.1) is 0 Å². The third-order valence-corrected chi connectivity index (χ3v) is 6.08. The summed E-state index contributed by atoms with van der Waals surface area (Å²) in [5, 5.41) is 3.43. The van der Waals surface area contributed by atoms with Gasteiger partial charge in [0, 0.05) is 37.4 Å². The number of carbonyl (C=O) groups is 2. The number of ether oxygens (including phenoxy) is 2. The number of nitrogens with one attached hydrogen (secondary N) is 1. The first-order valence-corrected chi connectivity index (χ1v) is 11.4. The fourth-order valence-electron chi connectivity index (χ4n) is 4.10. The van der Waals surface area contributed by atoms with Gasteiger partial charge in [-0.25, -0.2) is 14.4 Å². The van der Waals surface area contributed by atoms with Gasteiger partial charge in [-0.2, -0.15) is 0 Å². The van der Waals surface area contributed by atoms with Gasteiger partial charge in [0.05, 0.1) is 18.7 Å². The molecule has 1 atom stereocenters. The van der Waals surface area contributed by atoms with Crippen LogP contribution >= 0.6 is 0 Å². The van der Waals surface area contributed by atoms with Gasteiger partial charge in [0.1, 0.15) is 23.9 Å². The first-order chi connectivity index (χ1) is 16.9. The molecule has 9 heteroatoms. The number of benzene rings is 2. The molecule has 1 aliphatic heterocycles. The lowest BCUT2D eigenvalue weighted by molar-refractivity contribution is -0.127. The van der Waals surface area contributed by atoms with Gasteiger partial charge in [-0.1, -0.05) is 18.7 Å². The minimum absolute atomic E-state index is 0.0885. The monoisotopic (exact) mass is 478 g/mol. The molecule has 0 bridgehead atoms. The van der Waals surface area contributed by atoms with Crippen molar-refractivity contribution in [3.8, 4) is 11.5 Å². The molecule has 1 aromatic heterocycles. The fraction of sp³-hybridized carbons (Fsp3) is 0.308. The average Bonchev–Trinajstić information content (AvgIpc) is 2.88. The molecule has 3 aromatic rings. The van der Waals surface area contributed by atoms with Crippen LogP contribution in [0.1, 0.15) is 41.9 Å². The molecule has 2 aromatic carbocycles. The van der Waals surface area contributed by atoms with E-state index in [0.29, 0.717) is 48.3 Å². The molecular formula is C26H27FN4O4. The molecule has 0 aliphatic carbocycles. The number of hydrogen-bond donors (Lipinski definition) is 1. The van der Waals surface area contributed by atoms with Gasteiger partial charge in [-0.05, 0) is 36.8 Å². The van der Waals surface area contributed by atoms with E-state index < -0.39 is 0 Å². The Labute approximate surface area is 202 Å². The minimum atomic E-state index is -0.387. The quantitative estimate of drug-likeness (QED) is 0.519. The minimum Gasteiger partial charge on any atom is -0.493 e. The maximum Gasteiger partial charge on any atom is 0.271 e. The SMILES string of the molecule is C=CC(=O)N1CCC(Oc2cc3c(C(=O)N[C@H](C)c4ccc(F)cc4)ncnc3cc2OC)CC1. The van der Waals surface area contributed by atoms with Crippen molar-refractivity contribution in [2.24, 2.45) is 0 Å². The van der Waals surface area contributed by atoms with E-state index in [1.54, 1.807) is 36.3 Å². The zero-order valence-electron chi connectivity index (χ0n) is 19.7. The number of fused-ring (bicyclic) bond motifs is 1. The Bertz CT molecular complexity index is 1240. The average molecular weight is 479 g/mol. The van der Waals surface area contributed by atoms with Gasteiger partial charge in [0.25, 0.3) is 5.91 Å². The number of hydrogen-bond acceptors (Lipinski definition) is 6. The topological polar surface area (TPSA) is 93.7 Å². The van der Waals surface area contributed by atoms with Crippen molar-refractivity contribution >= 4 is 22.7 Å². The Morgan fingerprint density at radius 1 is 1.17 bits per heavy atom. The molecule has 1 N–H and O–H groups in total. The van der Waals surface area contributed by atoms with E-state index in [2.05, 4.69) is 21.9 Å². The summed E-state index contributed by atoms with van der Waals surface area (Å²) in [6.45, 7) is 6.50. The largest absolute Gasteiger partial charge is 0.493 e. The van der Waals surface area contributed by atoms with E-state index in [4.69, 9.17) is 9.47 Å². The Hall–Kier alpha value is -4.01. The van der Waals surface area contributed by atoms with Crippen LogP contribution in [-0.4, -0.2) is 53.0 Å². The third kappa shape index (κ3) is 5.40. The second-order valence-electron chi connectivity index (χ2n) is 8.34. The zero-order chi connectivity index (χ0) is 24.9. The van der Waals surface area contributed by atoms with Gasteiger partial charge in [0.15, 0.2) is 11.5 Å². The Morgan fingerprint density at radius 2 is 1.89 bits per heavy atom. The van der Waals surface area contributed by atoms with E-state index in [0.717, 1.165) is 5.56 Å². The molecule has 35 heavy (non-hydrogen) atoms. The van der Waals surface area contributed by atoms with E-state index in [9.17, 15) is 14.0 Å². The highest BCUT2D eigenvalue weighted by molar-refractivity contribution is 6.05. The molecule has 0 radical (unpaired) electrons. The van der Waals surface area contributed by atoms with E-state index in [1.165, 1.54) is 24.5 Å². The van der Waals surface area contributed by atoms with E-state index >= 15 is 0 Å². The van der Waals surface area contributed by atoms with Crippen molar-refractivity contribution in [2.75, 3.05) is 20.2 Å². The molecule has 4 rings (SSSR count). The number of carbonyl (C=O) groups excluding carboxylic acids is 2. The van der Waals surface area contributed by atoms with E-state index in [-0.39, 0.29) is 35.5 Å². The standard InChI is InChI=1S/C26H27FN4O4/c1-4-24(32)31-11-9-19(10-12-31)35-23-13-20-21(14-22(23)34-3)28-15-29-25(20)26(33)30-16(2)17-5-7-18(27)8-6-17/h4-8,13-16,19H,1,9-12H2,2-3H3,(H,30,33)/t16-/m1/s1. The number of methoxy groups -OCH3 is 1. The number of likely N-dealkylation sites (tertiary alicyclic amines) is 1. The Kier molecular flexibility index (Phi) is 7.24. The van der Waals surface area contributed by atoms with Crippen molar-refractivity contribution in [1.82, 2.24) is 20.2 Å². The number of amides is 2. The molecule has 0 saturated carbocycles. The molecule has 1 fully saturated rings. The molecule has 2 heterocycles. The van der Waals surface area contributed by atoms with Crippen LogP contribution in [0.4, 0.5) is 4.39 Å². The van der Waals surface area contributed by atoms with Gasteiger partial charge >= 0.3 is 0 Å². The van der Waals surface area contributed by atoms with Crippen LogP contribution in [0.3, 0.4) is 0 Å². The number of halogens is 1. The summed E-state index contributed by atoms with van der Waals surface area (Å²) in [5.74, 6) is 0.153.